The summed E-state index contributed by atoms with van der Waals surface area (Å²) in [5.74, 6) is -1.21. The molecule has 0 aromatic heterocycles. The highest BCUT2D eigenvalue weighted by atomic mass is 32.2. The van der Waals surface area contributed by atoms with Crippen molar-refractivity contribution >= 4 is 21.8 Å². The van der Waals surface area contributed by atoms with E-state index in [0.717, 1.165) is 0 Å². The first-order chi connectivity index (χ1) is 9.65. The number of carbonyl (C=O) groups is 2. The van der Waals surface area contributed by atoms with Gasteiger partial charge in [-0.3, -0.25) is 0 Å². The van der Waals surface area contributed by atoms with E-state index >= 15 is 0 Å². The van der Waals surface area contributed by atoms with Crippen LogP contribution in [0.15, 0.2) is 24.3 Å². The van der Waals surface area contributed by atoms with Gasteiger partial charge < -0.3 is 9.47 Å². The molecule has 0 bridgehead atoms. The maximum Gasteiger partial charge on any atom is 0.333 e. The molecular formula is C14H22O6S. The molecule has 0 saturated heterocycles. The molecule has 0 fully saturated rings. The number of carbonyl (C=O) groups excluding carboxylic acids is 2. The fourth-order valence-corrected chi connectivity index (χ4v) is 2.56. The summed E-state index contributed by atoms with van der Waals surface area (Å²) in [5.41, 5.74) is 0.550. The SMILES string of the molecule is C=C(C)C(=O)OCCCS(=O)(=O)CCCOC(=O)C(=C)C. The highest BCUT2D eigenvalue weighted by Crippen LogP contribution is 2.01. The van der Waals surface area contributed by atoms with Crippen LogP contribution in [0.5, 0.6) is 0 Å². The van der Waals surface area contributed by atoms with Gasteiger partial charge in [-0.05, 0) is 26.7 Å². The van der Waals surface area contributed by atoms with E-state index in [1.54, 1.807) is 0 Å². The van der Waals surface area contributed by atoms with Crippen molar-refractivity contribution in [3.05, 3.63) is 24.3 Å². The molecule has 0 heterocycles. The van der Waals surface area contributed by atoms with Crippen molar-refractivity contribution in [2.75, 3.05) is 24.7 Å². The number of esters is 2. The molecule has 0 unspecified atom stereocenters. The van der Waals surface area contributed by atoms with Crippen LogP contribution < -0.4 is 0 Å². The van der Waals surface area contributed by atoms with Gasteiger partial charge in [0.25, 0.3) is 0 Å². The zero-order chi connectivity index (χ0) is 16.5. The third-order valence-corrected chi connectivity index (χ3v) is 4.18. The number of hydrogen-bond acceptors (Lipinski definition) is 6. The Kier molecular flexibility index (Phi) is 8.61. The van der Waals surface area contributed by atoms with Crippen molar-refractivity contribution in [2.45, 2.75) is 26.7 Å². The van der Waals surface area contributed by atoms with Gasteiger partial charge in [-0.15, -0.1) is 0 Å². The van der Waals surface area contributed by atoms with Crippen molar-refractivity contribution in [3.8, 4) is 0 Å². The van der Waals surface area contributed by atoms with Gasteiger partial charge in [-0.2, -0.15) is 0 Å². The standard InChI is InChI=1S/C14H22O6S/c1-11(2)13(15)19-7-5-9-21(17,18)10-6-8-20-14(16)12(3)4/h1,3,5-10H2,2,4H3. The van der Waals surface area contributed by atoms with Crippen LogP contribution in [0.4, 0.5) is 0 Å². The van der Waals surface area contributed by atoms with Gasteiger partial charge >= 0.3 is 11.9 Å². The molecule has 21 heavy (non-hydrogen) atoms. The quantitative estimate of drug-likeness (QED) is 0.344. The topological polar surface area (TPSA) is 86.7 Å². The van der Waals surface area contributed by atoms with Crippen LogP contribution >= 0.6 is 0 Å². The Bertz CT molecular complexity index is 464. The predicted octanol–water partition coefficient (Wildman–Crippen LogP) is 1.42. The van der Waals surface area contributed by atoms with E-state index in [-0.39, 0.29) is 48.7 Å². The molecule has 7 heteroatoms. The van der Waals surface area contributed by atoms with Crippen LogP contribution in [0.3, 0.4) is 0 Å². The number of rotatable bonds is 10. The molecule has 0 aromatic carbocycles. The minimum absolute atomic E-state index is 0.0373. The van der Waals surface area contributed by atoms with E-state index in [2.05, 4.69) is 13.2 Å². The van der Waals surface area contributed by atoms with Crippen molar-refractivity contribution < 1.29 is 27.5 Å². The van der Waals surface area contributed by atoms with Crippen molar-refractivity contribution in [3.63, 3.8) is 0 Å². The van der Waals surface area contributed by atoms with Crippen LogP contribution in [0.2, 0.25) is 0 Å². The summed E-state index contributed by atoms with van der Waals surface area (Å²) in [6, 6.07) is 0. The zero-order valence-electron chi connectivity index (χ0n) is 12.5. The first kappa shape index (κ1) is 19.4. The minimum atomic E-state index is -3.25. The third-order valence-electron chi connectivity index (χ3n) is 2.36. The van der Waals surface area contributed by atoms with Gasteiger partial charge in [-0.1, -0.05) is 13.2 Å². The molecule has 120 valence electrons. The van der Waals surface area contributed by atoms with Crippen LogP contribution in [-0.4, -0.2) is 45.1 Å². The molecule has 0 aromatic rings. The molecule has 6 nitrogen and oxygen atoms in total. The Morgan fingerprint density at radius 1 is 0.857 bits per heavy atom. The number of sulfone groups is 1. The lowest BCUT2D eigenvalue weighted by molar-refractivity contribution is -0.139. The van der Waals surface area contributed by atoms with Crippen molar-refractivity contribution in [1.29, 1.82) is 0 Å². The zero-order valence-corrected chi connectivity index (χ0v) is 13.3. The van der Waals surface area contributed by atoms with E-state index in [9.17, 15) is 18.0 Å². The summed E-state index contributed by atoms with van der Waals surface area (Å²) in [6.07, 6.45) is 0.458. The molecular weight excluding hydrogens is 296 g/mol. The lowest BCUT2D eigenvalue weighted by Crippen LogP contribution is -2.16. The molecule has 0 aliphatic heterocycles. The fraction of sp³-hybridized carbons (Fsp3) is 0.571. The Morgan fingerprint density at radius 3 is 1.48 bits per heavy atom. The lowest BCUT2D eigenvalue weighted by Gasteiger charge is -2.06. The van der Waals surface area contributed by atoms with Gasteiger partial charge in [-0.25, -0.2) is 18.0 Å². The van der Waals surface area contributed by atoms with Gasteiger partial charge in [0.05, 0.1) is 24.7 Å². The normalized spacial score (nSPS) is 10.8. The Labute approximate surface area is 125 Å². The molecule has 0 N–H and O–H groups in total. The fourth-order valence-electron chi connectivity index (χ4n) is 1.24. The molecule has 0 spiro atoms. The van der Waals surface area contributed by atoms with Crippen molar-refractivity contribution in [2.24, 2.45) is 0 Å². The van der Waals surface area contributed by atoms with Crippen molar-refractivity contribution in [1.82, 2.24) is 0 Å². The molecule has 0 aliphatic rings. The summed E-state index contributed by atoms with van der Waals surface area (Å²) < 4.78 is 32.9. The summed E-state index contributed by atoms with van der Waals surface area (Å²) in [4.78, 5) is 22.1. The van der Waals surface area contributed by atoms with Crippen LogP contribution in [0.25, 0.3) is 0 Å². The van der Waals surface area contributed by atoms with Gasteiger partial charge in [0, 0.05) is 11.1 Å². The van der Waals surface area contributed by atoms with E-state index in [0.29, 0.717) is 0 Å². The second-order valence-electron chi connectivity index (χ2n) is 4.69. The Morgan fingerprint density at radius 2 is 1.19 bits per heavy atom. The second-order valence-corrected chi connectivity index (χ2v) is 7.00. The molecule has 0 saturated carbocycles. The maximum absolute atomic E-state index is 11.7. The smallest absolute Gasteiger partial charge is 0.333 e. The molecule has 0 radical (unpaired) electrons. The Balaban J connectivity index is 3.84. The van der Waals surface area contributed by atoms with E-state index in [4.69, 9.17) is 9.47 Å². The summed E-state index contributed by atoms with van der Waals surface area (Å²) >= 11 is 0. The monoisotopic (exact) mass is 318 g/mol. The first-order valence-electron chi connectivity index (χ1n) is 6.51. The second kappa shape index (κ2) is 9.33. The van der Waals surface area contributed by atoms with Crippen LogP contribution in [0.1, 0.15) is 26.7 Å². The maximum atomic E-state index is 11.7. The molecule has 0 amide bonds. The number of ether oxygens (including phenoxy) is 2. The van der Waals surface area contributed by atoms with Gasteiger partial charge in [0.1, 0.15) is 0 Å². The minimum Gasteiger partial charge on any atom is -0.462 e. The molecule has 0 rings (SSSR count). The third kappa shape index (κ3) is 9.84. The first-order valence-corrected chi connectivity index (χ1v) is 8.33. The Hall–Kier alpha value is -1.63. The summed E-state index contributed by atoms with van der Waals surface area (Å²) in [5, 5.41) is 0. The van der Waals surface area contributed by atoms with Gasteiger partial charge in [0.15, 0.2) is 9.84 Å². The summed E-state index contributed by atoms with van der Waals surface area (Å²) in [6.45, 7) is 9.95. The average molecular weight is 318 g/mol. The molecule has 0 aliphatic carbocycles. The van der Waals surface area contributed by atoms with E-state index in [1.165, 1.54) is 13.8 Å². The van der Waals surface area contributed by atoms with Crippen LogP contribution in [-0.2, 0) is 28.9 Å². The largest absolute Gasteiger partial charge is 0.462 e. The van der Waals surface area contributed by atoms with E-state index in [1.807, 2.05) is 0 Å². The lowest BCUT2D eigenvalue weighted by atomic mass is 10.4. The average Bonchev–Trinajstić information content (AvgIpc) is 2.38. The van der Waals surface area contributed by atoms with E-state index < -0.39 is 21.8 Å². The van der Waals surface area contributed by atoms with Crippen LogP contribution in [0, 0.1) is 0 Å². The number of hydrogen-bond donors (Lipinski definition) is 0. The molecule has 0 atom stereocenters. The highest BCUT2D eigenvalue weighted by Gasteiger charge is 2.12. The summed E-state index contributed by atoms with van der Waals surface area (Å²) in [7, 11) is -3.25. The van der Waals surface area contributed by atoms with Gasteiger partial charge in [0.2, 0.25) is 0 Å². The predicted molar refractivity (Wildman–Crippen MR) is 79.4 cm³/mol. The highest BCUT2D eigenvalue weighted by molar-refractivity contribution is 7.91.